The fourth-order valence-electron chi connectivity index (χ4n) is 2.98. The van der Waals surface area contributed by atoms with E-state index in [9.17, 15) is 18.4 Å². The Labute approximate surface area is 146 Å². The maximum Gasteiger partial charge on any atom is 0.196 e. The number of Topliss-reactive ketones (excluding diaryl/α,β-unsaturated/α-hetero) is 2. The summed E-state index contributed by atoms with van der Waals surface area (Å²) in [4.78, 5) is 28.2. The summed E-state index contributed by atoms with van der Waals surface area (Å²) in [5, 5.41) is -0.361. The Bertz CT molecular complexity index is 871. The lowest BCUT2D eigenvalue weighted by molar-refractivity contribution is -0.131. The van der Waals surface area contributed by atoms with Crippen molar-refractivity contribution in [1.82, 2.24) is 4.98 Å². The molecule has 1 heterocycles. The van der Waals surface area contributed by atoms with Gasteiger partial charge in [0, 0.05) is 31.0 Å². The van der Waals surface area contributed by atoms with Gasteiger partial charge in [0.25, 0.3) is 0 Å². The van der Waals surface area contributed by atoms with Crippen LogP contribution in [0.3, 0.4) is 0 Å². The maximum absolute atomic E-state index is 15.3. The summed E-state index contributed by atoms with van der Waals surface area (Å²) < 4.78 is 42.6. The highest BCUT2D eigenvalue weighted by Gasteiger charge is 2.46. The zero-order chi connectivity index (χ0) is 18.2. The van der Waals surface area contributed by atoms with E-state index in [4.69, 9.17) is 11.6 Å². The van der Waals surface area contributed by atoms with E-state index in [1.807, 2.05) is 0 Å². The molecule has 0 saturated heterocycles. The average Bonchev–Trinajstić information content (AvgIpc) is 2.62. The molecule has 3 nitrogen and oxygen atoms in total. The zero-order valence-corrected chi connectivity index (χ0v) is 13.7. The van der Waals surface area contributed by atoms with Gasteiger partial charge in [0.15, 0.2) is 28.9 Å². The summed E-state index contributed by atoms with van der Waals surface area (Å²) in [6.07, 6.45) is 0.445. The smallest absolute Gasteiger partial charge is 0.196 e. The molecule has 0 fully saturated rings. The highest BCUT2D eigenvalue weighted by Crippen LogP contribution is 2.39. The molecule has 0 spiro atoms. The van der Waals surface area contributed by atoms with Crippen LogP contribution in [0.25, 0.3) is 0 Å². The number of nitrogens with zero attached hydrogens (tertiary/aromatic N) is 1. The SMILES string of the molecule is O=C1CC[C@@](F)(C(=O)CCc2ccc(Cl)c(F)c2F)c2cccnc21. The highest BCUT2D eigenvalue weighted by molar-refractivity contribution is 6.30. The predicted molar refractivity (Wildman–Crippen MR) is 85.3 cm³/mol. The Morgan fingerprint density at radius 3 is 2.76 bits per heavy atom. The second-order valence-electron chi connectivity index (χ2n) is 5.88. The molecule has 0 unspecified atom stereocenters. The van der Waals surface area contributed by atoms with E-state index >= 15 is 4.39 Å². The van der Waals surface area contributed by atoms with E-state index in [0.717, 1.165) is 0 Å². The van der Waals surface area contributed by atoms with Gasteiger partial charge in [-0.15, -0.1) is 0 Å². The summed E-state index contributed by atoms with van der Waals surface area (Å²) in [7, 11) is 0. The predicted octanol–water partition coefficient (Wildman–Crippen LogP) is 4.36. The molecular weight excluding hydrogens is 355 g/mol. The third-order valence-corrected chi connectivity index (χ3v) is 4.67. The number of hydrogen-bond donors (Lipinski definition) is 0. The monoisotopic (exact) mass is 367 g/mol. The molecule has 0 aliphatic heterocycles. The first kappa shape index (κ1) is 17.6. The topological polar surface area (TPSA) is 47.0 Å². The van der Waals surface area contributed by atoms with Crippen molar-refractivity contribution in [3.63, 3.8) is 0 Å². The molecule has 25 heavy (non-hydrogen) atoms. The lowest BCUT2D eigenvalue weighted by Crippen LogP contribution is -2.37. The third kappa shape index (κ3) is 3.06. The van der Waals surface area contributed by atoms with Gasteiger partial charge in [-0.25, -0.2) is 13.2 Å². The van der Waals surface area contributed by atoms with Crippen LogP contribution in [0.4, 0.5) is 13.2 Å². The van der Waals surface area contributed by atoms with Crippen molar-refractivity contribution in [1.29, 1.82) is 0 Å². The number of aryl methyl sites for hydroxylation is 1. The summed E-state index contributed by atoms with van der Waals surface area (Å²) in [5.74, 6) is -3.44. The van der Waals surface area contributed by atoms with Gasteiger partial charge < -0.3 is 0 Å². The number of fused-ring (bicyclic) bond motifs is 1. The Morgan fingerprint density at radius 2 is 2.00 bits per heavy atom. The molecule has 2 aromatic rings. The number of hydrogen-bond acceptors (Lipinski definition) is 3. The van der Waals surface area contributed by atoms with Gasteiger partial charge in [0.05, 0.1) is 5.02 Å². The number of ketones is 2. The lowest BCUT2D eigenvalue weighted by Gasteiger charge is -2.29. The standard InChI is InChI=1S/C18H13ClF3NO2/c19-12-5-3-10(15(20)16(12)21)4-6-14(25)18(22)8-7-13(24)17-11(18)2-1-9-23-17/h1-3,5,9H,4,6-8H2/t18-/m0/s1. The van der Waals surface area contributed by atoms with Crippen molar-refractivity contribution in [3.8, 4) is 0 Å². The summed E-state index contributed by atoms with van der Waals surface area (Å²) >= 11 is 5.48. The fourth-order valence-corrected chi connectivity index (χ4v) is 3.13. The second-order valence-corrected chi connectivity index (χ2v) is 6.29. The molecule has 1 aromatic carbocycles. The number of benzene rings is 1. The minimum absolute atomic E-state index is 0.0479. The minimum Gasteiger partial charge on any atom is -0.296 e. The quantitative estimate of drug-likeness (QED) is 0.754. The van der Waals surface area contributed by atoms with Gasteiger partial charge in [0.1, 0.15) is 5.69 Å². The van der Waals surface area contributed by atoms with Crippen LogP contribution in [0.1, 0.15) is 40.9 Å². The first-order valence-corrected chi connectivity index (χ1v) is 8.05. The Balaban J connectivity index is 1.84. The molecule has 0 saturated carbocycles. The number of carbonyl (C=O) groups excluding carboxylic acids is 2. The van der Waals surface area contributed by atoms with Crippen LogP contribution in [-0.2, 0) is 16.9 Å². The molecule has 1 aromatic heterocycles. The fraction of sp³-hybridized carbons (Fsp3) is 0.278. The van der Waals surface area contributed by atoms with Gasteiger partial charge in [-0.1, -0.05) is 23.7 Å². The van der Waals surface area contributed by atoms with Gasteiger partial charge in [-0.2, -0.15) is 0 Å². The Kier molecular flexibility index (Phi) is 4.64. The van der Waals surface area contributed by atoms with Crippen LogP contribution >= 0.6 is 11.6 Å². The zero-order valence-electron chi connectivity index (χ0n) is 13.0. The first-order valence-electron chi connectivity index (χ1n) is 7.68. The van der Waals surface area contributed by atoms with Crippen LogP contribution < -0.4 is 0 Å². The van der Waals surface area contributed by atoms with E-state index in [2.05, 4.69) is 4.98 Å². The number of rotatable bonds is 4. The van der Waals surface area contributed by atoms with Crippen molar-refractivity contribution in [2.24, 2.45) is 0 Å². The molecular formula is C18H13ClF3NO2. The molecule has 0 amide bonds. The van der Waals surface area contributed by atoms with E-state index in [-0.39, 0.29) is 53.3 Å². The van der Waals surface area contributed by atoms with Gasteiger partial charge >= 0.3 is 0 Å². The molecule has 7 heteroatoms. The number of pyridine rings is 1. The molecule has 0 bridgehead atoms. The molecule has 1 aliphatic rings. The summed E-state index contributed by atoms with van der Waals surface area (Å²) in [5.41, 5.74) is -2.51. The molecule has 3 rings (SSSR count). The molecule has 1 aliphatic carbocycles. The first-order chi connectivity index (χ1) is 11.8. The van der Waals surface area contributed by atoms with E-state index in [1.165, 1.54) is 30.5 Å². The minimum atomic E-state index is -2.35. The van der Waals surface area contributed by atoms with E-state index in [1.54, 1.807) is 0 Å². The lowest BCUT2D eigenvalue weighted by atomic mass is 9.78. The third-order valence-electron chi connectivity index (χ3n) is 4.37. The van der Waals surface area contributed by atoms with Crippen molar-refractivity contribution in [2.75, 3.05) is 0 Å². The van der Waals surface area contributed by atoms with Crippen molar-refractivity contribution in [2.45, 2.75) is 31.4 Å². The van der Waals surface area contributed by atoms with Crippen molar-refractivity contribution >= 4 is 23.2 Å². The molecule has 0 radical (unpaired) electrons. The normalized spacial score (nSPS) is 19.6. The van der Waals surface area contributed by atoms with Crippen LogP contribution in [0, 0.1) is 11.6 Å². The molecule has 0 N–H and O–H groups in total. The highest BCUT2D eigenvalue weighted by atomic mass is 35.5. The van der Waals surface area contributed by atoms with Gasteiger partial charge in [-0.05, 0) is 24.1 Å². The van der Waals surface area contributed by atoms with Crippen LogP contribution in [0.15, 0.2) is 30.5 Å². The summed E-state index contributed by atoms with van der Waals surface area (Å²) in [6.45, 7) is 0. The van der Waals surface area contributed by atoms with Crippen LogP contribution in [-0.4, -0.2) is 16.6 Å². The molecule has 130 valence electrons. The second kappa shape index (κ2) is 6.59. The number of halogens is 4. The van der Waals surface area contributed by atoms with Gasteiger partial charge in [0.2, 0.25) is 0 Å². The van der Waals surface area contributed by atoms with E-state index in [0.29, 0.717) is 0 Å². The Hall–Kier alpha value is -2.21. The van der Waals surface area contributed by atoms with E-state index < -0.39 is 23.1 Å². The Morgan fingerprint density at radius 1 is 1.24 bits per heavy atom. The van der Waals surface area contributed by atoms with Crippen LogP contribution in [0.5, 0.6) is 0 Å². The summed E-state index contributed by atoms with van der Waals surface area (Å²) in [6, 6.07) is 5.26. The van der Waals surface area contributed by atoms with Gasteiger partial charge in [-0.3, -0.25) is 14.6 Å². The maximum atomic E-state index is 15.3. The van der Waals surface area contributed by atoms with Crippen LogP contribution in [0.2, 0.25) is 5.02 Å². The molecule has 1 atom stereocenters. The number of aromatic nitrogens is 1. The largest absolute Gasteiger partial charge is 0.296 e. The van der Waals surface area contributed by atoms with Crippen molar-refractivity contribution in [3.05, 3.63) is 63.9 Å². The van der Waals surface area contributed by atoms with Crippen molar-refractivity contribution < 1.29 is 22.8 Å². The average molecular weight is 368 g/mol. The number of alkyl halides is 1. The number of carbonyl (C=O) groups is 2.